The van der Waals surface area contributed by atoms with Crippen LogP contribution in [0.3, 0.4) is 0 Å². The number of ether oxygens (including phenoxy) is 1. The lowest BCUT2D eigenvalue weighted by Crippen LogP contribution is -2.19. The number of nitrogens with two attached hydrogens (primary N) is 1. The molecule has 0 amide bonds. The van der Waals surface area contributed by atoms with E-state index in [1.54, 1.807) is 0 Å². The molecule has 2 aromatic carbocycles. The van der Waals surface area contributed by atoms with Crippen LogP contribution in [0.15, 0.2) is 53.0 Å². The van der Waals surface area contributed by atoms with Crippen LogP contribution in [0.1, 0.15) is 37.0 Å². The van der Waals surface area contributed by atoms with Gasteiger partial charge in [-0.25, -0.2) is 0 Å². The third-order valence-electron chi connectivity index (χ3n) is 3.27. The van der Waals surface area contributed by atoms with Crippen LogP contribution in [0.25, 0.3) is 0 Å². The van der Waals surface area contributed by atoms with Gasteiger partial charge in [-0.15, -0.1) is 0 Å². The molecule has 0 aliphatic heterocycles. The number of halogens is 1. The van der Waals surface area contributed by atoms with Crippen LogP contribution in [0, 0.1) is 0 Å². The summed E-state index contributed by atoms with van der Waals surface area (Å²) in [5.41, 5.74) is 8.22. The van der Waals surface area contributed by atoms with Gasteiger partial charge in [-0.3, -0.25) is 0 Å². The van der Waals surface area contributed by atoms with Crippen LogP contribution in [0.2, 0.25) is 0 Å². The Morgan fingerprint density at radius 3 is 2.50 bits per heavy atom. The molecule has 0 saturated carbocycles. The van der Waals surface area contributed by atoms with Crippen LogP contribution in [0.4, 0.5) is 0 Å². The molecule has 2 rings (SSSR count). The maximum Gasteiger partial charge on any atom is 0.137 e. The largest absolute Gasteiger partial charge is 0.484 e. The van der Waals surface area contributed by atoms with E-state index in [9.17, 15) is 0 Å². The van der Waals surface area contributed by atoms with Crippen LogP contribution in [-0.2, 0) is 0 Å². The maximum atomic E-state index is 6.07. The Labute approximate surface area is 129 Å². The van der Waals surface area contributed by atoms with Gasteiger partial charge in [0.15, 0.2) is 0 Å². The molecule has 0 saturated heterocycles. The number of benzene rings is 2. The van der Waals surface area contributed by atoms with E-state index in [-0.39, 0.29) is 6.10 Å². The van der Waals surface area contributed by atoms with E-state index < -0.39 is 0 Å². The Hall–Kier alpha value is -1.32. The second-order valence-electron chi connectivity index (χ2n) is 5.09. The Kier molecular flexibility index (Phi) is 5.21. The van der Waals surface area contributed by atoms with E-state index >= 15 is 0 Å². The van der Waals surface area contributed by atoms with E-state index in [1.807, 2.05) is 36.4 Å². The van der Waals surface area contributed by atoms with Crippen LogP contribution >= 0.6 is 15.9 Å². The topological polar surface area (TPSA) is 35.2 Å². The lowest BCUT2D eigenvalue weighted by Gasteiger charge is -2.20. The van der Waals surface area contributed by atoms with Crippen LogP contribution in [-0.4, -0.2) is 6.54 Å². The lowest BCUT2D eigenvalue weighted by atomic mass is 10.0. The van der Waals surface area contributed by atoms with Crippen molar-refractivity contribution < 1.29 is 4.74 Å². The minimum Gasteiger partial charge on any atom is -0.484 e. The van der Waals surface area contributed by atoms with E-state index in [0.29, 0.717) is 12.5 Å². The molecule has 0 radical (unpaired) electrons. The normalized spacial score (nSPS) is 12.4. The summed E-state index contributed by atoms with van der Waals surface area (Å²) in [5, 5.41) is 0. The van der Waals surface area contributed by atoms with Crippen molar-refractivity contribution in [2.24, 2.45) is 5.73 Å². The van der Waals surface area contributed by atoms with Gasteiger partial charge >= 0.3 is 0 Å². The standard InChI is InChI=1S/C17H20BrNO/c1-12(2)13-6-5-7-14(10-13)20-17(11-19)15-8-3-4-9-16(15)18/h3-10,12,17H,11,19H2,1-2H3. The Balaban J connectivity index is 2.23. The van der Waals surface area contributed by atoms with Gasteiger partial charge in [0.05, 0.1) is 0 Å². The first kappa shape index (κ1) is 15.1. The van der Waals surface area contributed by atoms with Crippen molar-refractivity contribution in [2.75, 3.05) is 6.54 Å². The van der Waals surface area contributed by atoms with Crippen molar-refractivity contribution in [3.8, 4) is 5.75 Å². The molecule has 0 heterocycles. The Bertz CT molecular complexity index is 568. The molecule has 3 heteroatoms. The first-order valence-electron chi connectivity index (χ1n) is 6.83. The quantitative estimate of drug-likeness (QED) is 0.864. The summed E-state index contributed by atoms with van der Waals surface area (Å²) < 4.78 is 7.09. The summed E-state index contributed by atoms with van der Waals surface area (Å²) in [6, 6.07) is 16.2. The summed E-state index contributed by atoms with van der Waals surface area (Å²) >= 11 is 3.55. The Morgan fingerprint density at radius 1 is 1.10 bits per heavy atom. The van der Waals surface area contributed by atoms with Crippen molar-refractivity contribution in [3.63, 3.8) is 0 Å². The molecular formula is C17H20BrNO. The molecule has 20 heavy (non-hydrogen) atoms. The van der Waals surface area contributed by atoms with E-state index in [4.69, 9.17) is 10.5 Å². The molecule has 1 unspecified atom stereocenters. The van der Waals surface area contributed by atoms with E-state index in [2.05, 4.69) is 41.9 Å². The van der Waals surface area contributed by atoms with Gasteiger partial charge in [0, 0.05) is 16.6 Å². The molecule has 0 aliphatic carbocycles. The van der Waals surface area contributed by atoms with Gasteiger partial charge in [0.2, 0.25) is 0 Å². The van der Waals surface area contributed by atoms with Crippen molar-refractivity contribution >= 4 is 15.9 Å². The van der Waals surface area contributed by atoms with Gasteiger partial charge in [0.25, 0.3) is 0 Å². The van der Waals surface area contributed by atoms with Gasteiger partial charge in [-0.05, 0) is 29.7 Å². The highest BCUT2D eigenvalue weighted by molar-refractivity contribution is 9.10. The van der Waals surface area contributed by atoms with Gasteiger partial charge in [-0.1, -0.05) is 60.1 Å². The van der Waals surface area contributed by atoms with Crippen LogP contribution < -0.4 is 10.5 Å². The fraction of sp³-hybridized carbons (Fsp3) is 0.294. The smallest absolute Gasteiger partial charge is 0.137 e. The zero-order chi connectivity index (χ0) is 14.5. The van der Waals surface area contributed by atoms with Crippen molar-refractivity contribution in [1.82, 2.24) is 0 Å². The maximum absolute atomic E-state index is 6.07. The molecule has 0 spiro atoms. The minimum absolute atomic E-state index is 0.145. The zero-order valence-corrected chi connectivity index (χ0v) is 13.4. The van der Waals surface area contributed by atoms with Crippen molar-refractivity contribution in [2.45, 2.75) is 25.9 Å². The first-order chi connectivity index (χ1) is 9.61. The van der Waals surface area contributed by atoms with Gasteiger partial charge in [0.1, 0.15) is 11.9 Å². The fourth-order valence-corrected chi connectivity index (χ4v) is 2.63. The average molecular weight is 334 g/mol. The number of hydrogen-bond donors (Lipinski definition) is 1. The first-order valence-corrected chi connectivity index (χ1v) is 7.62. The zero-order valence-electron chi connectivity index (χ0n) is 11.8. The monoisotopic (exact) mass is 333 g/mol. The predicted molar refractivity (Wildman–Crippen MR) is 87.1 cm³/mol. The van der Waals surface area contributed by atoms with Crippen LogP contribution in [0.5, 0.6) is 5.75 Å². The average Bonchev–Trinajstić information content (AvgIpc) is 2.46. The summed E-state index contributed by atoms with van der Waals surface area (Å²) in [5.74, 6) is 1.35. The summed E-state index contributed by atoms with van der Waals surface area (Å²) in [4.78, 5) is 0. The second-order valence-corrected chi connectivity index (χ2v) is 5.95. The Morgan fingerprint density at radius 2 is 1.85 bits per heavy atom. The summed E-state index contributed by atoms with van der Waals surface area (Å²) in [6.07, 6.45) is -0.145. The third-order valence-corrected chi connectivity index (χ3v) is 3.99. The lowest BCUT2D eigenvalue weighted by molar-refractivity contribution is 0.213. The highest BCUT2D eigenvalue weighted by Crippen LogP contribution is 2.28. The number of hydrogen-bond acceptors (Lipinski definition) is 2. The summed E-state index contributed by atoms with van der Waals surface area (Å²) in [6.45, 7) is 4.79. The molecule has 0 aromatic heterocycles. The molecular weight excluding hydrogens is 314 g/mol. The summed E-state index contributed by atoms with van der Waals surface area (Å²) in [7, 11) is 0. The molecule has 0 fully saturated rings. The SMILES string of the molecule is CC(C)c1cccc(OC(CN)c2ccccc2Br)c1. The molecule has 2 aromatic rings. The van der Waals surface area contributed by atoms with E-state index in [1.165, 1.54) is 5.56 Å². The molecule has 0 bridgehead atoms. The van der Waals surface area contributed by atoms with E-state index in [0.717, 1.165) is 15.8 Å². The predicted octanol–water partition coefficient (Wildman–Crippen LogP) is 4.65. The fourth-order valence-electron chi connectivity index (χ4n) is 2.09. The third kappa shape index (κ3) is 3.62. The molecule has 106 valence electrons. The minimum atomic E-state index is -0.145. The molecule has 1 atom stereocenters. The molecule has 2 N–H and O–H groups in total. The highest BCUT2D eigenvalue weighted by Gasteiger charge is 2.14. The highest BCUT2D eigenvalue weighted by atomic mass is 79.9. The molecule has 0 aliphatic rings. The van der Waals surface area contributed by atoms with Gasteiger partial charge < -0.3 is 10.5 Å². The molecule has 2 nitrogen and oxygen atoms in total. The second kappa shape index (κ2) is 6.91. The van der Waals surface area contributed by atoms with Gasteiger partial charge in [-0.2, -0.15) is 0 Å². The van der Waals surface area contributed by atoms with Crippen molar-refractivity contribution in [3.05, 3.63) is 64.1 Å². The van der Waals surface area contributed by atoms with Crippen molar-refractivity contribution in [1.29, 1.82) is 0 Å². The number of rotatable bonds is 5.